The minimum absolute atomic E-state index is 0.497. The molecule has 1 aromatic heterocycles. The second kappa shape index (κ2) is 6.05. The van der Waals surface area contributed by atoms with Gasteiger partial charge in [-0.3, -0.25) is 5.10 Å². The summed E-state index contributed by atoms with van der Waals surface area (Å²) in [6.07, 6.45) is 3.03. The average Bonchev–Trinajstić information content (AvgIpc) is 2.97. The summed E-state index contributed by atoms with van der Waals surface area (Å²) in [5, 5.41) is 10.8. The number of hydrogen-bond donors (Lipinski definition) is 2. The number of methoxy groups -OCH3 is 1. The summed E-state index contributed by atoms with van der Waals surface area (Å²) in [6.45, 7) is 2.13. The molecule has 1 aliphatic rings. The maximum absolute atomic E-state index is 5.16. The molecule has 1 fully saturated rings. The largest absolute Gasteiger partial charge is 0.497 e. The van der Waals surface area contributed by atoms with Crippen LogP contribution in [0, 0.1) is 0 Å². The molecular formula is C15H20N4O. The lowest BCUT2D eigenvalue weighted by Gasteiger charge is -2.19. The Morgan fingerprint density at radius 1 is 1.20 bits per heavy atom. The molecule has 5 nitrogen and oxygen atoms in total. The first-order valence-corrected chi connectivity index (χ1v) is 7.10. The van der Waals surface area contributed by atoms with E-state index in [2.05, 4.69) is 32.6 Å². The molecule has 3 rings (SSSR count). The predicted octanol–water partition coefficient (Wildman–Crippen LogP) is 1.87. The third-order valence-electron chi connectivity index (χ3n) is 3.78. The lowest BCUT2D eigenvalue weighted by molar-refractivity contribution is 0.414. The number of nitrogens with zero attached hydrogens (tertiary/aromatic N) is 2. The lowest BCUT2D eigenvalue weighted by Crippen LogP contribution is -2.27. The van der Waals surface area contributed by atoms with Crippen molar-refractivity contribution >= 4 is 0 Å². The van der Waals surface area contributed by atoms with Gasteiger partial charge in [0.15, 0.2) is 5.82 Å². The van der Waals surface area contributed by atoms with Crippen LogP contribution in [0.15, 0.2) is 24.3 Å². The molecule has 2 heterocycles. The molecule has 0 bridgehead atoms. The molecule has 2 N–H and O–H groups in total. The number of aromatic nitrogens is 3. The fourth-order valence-electron chi connectivity index (χ4n) is 2.59. The van der Waals surface area contributed by atoms with E-state index in [4.69, 9.17) is 4.74 Å². The van der Waals surface area contributed by atoms with E-state index in [1.54, 1.807) is 7.11 Å². The number of H-pyrrole nitrogens is 1. The molecule has 0 saturated carbocycles. The third-order valence-corrected chi connectivity index (χ3v) is 3.78. The van der Waals surface area contributed by atoms with Crippen LogP contribution in [0.1, 0.15) is 36.0 Å². The van der Waals surface area contributed by atoms with E-state index in [1.165, 1.54) is 5.56 Å². The lowest BCUT2D eigenvalue weighted by atomic mass is 9.98. The van der Waals surface area contributed by atoms with Crippen molar-refractivity contribution in [2.45, 2.75) is 25.2 Å². The van der Waals surface area contributed by atoms with Crippen molar-refractivity contribution in [3.63, 3.8) is 0 Å². The summed E-state index contributed by atoms with van der Waals surface area (Å²) in [5.74, 6) is 3.28. The molecular weight excluding hydrogens is 252 g/mol. The molecule has 0 aliphatic carbocycles. The number of benzene rings is 1. The van der Waals surface area contributed by atoms with E-state index in [9.17, 15) is 0 Å². The first-order chi connectivity index (χ1) is 9.85. The van der Waals surface area contributed by atoms with Gasteiger partial charge in [-0.15, -0.1) is 0 Å². The van der Waals surface area contributed by atoms with E-state index in [1.807, 2.05) is 12.1 Å². The number of nitrogens with one attached hydrogen (secondary N) is 2. The highest BCUT2D eigenvalue weighted by molar-refractivity contribution is 5.28. The molecule has 20 heavy (non-hydrogen) atoms. The molecule has 0 amide bonds. The topological polar surface area (TPSA) is 62.8 Å². The van der Waals surface area contributed by atoms with Crippen molar-refractivity contribution in [3.05, 3.63) is 41.5 Å². The Balaban J connectivity index is 1.66. The SMILES string of the molecule is COc1ccc(Cc2nc(C3CCNCC3)n[nH]2)cc1. The summed E-state index contributed by atoms with van der Waals surface area (Å²) in [4.78, 5) is 4.65. The zero-order chi connectivity index (χ0) is 13.8. The number of hydrogen-bond acceptors (Lipinski definition) is 4. The van der Waals surface area contributed by atoms with Crippen LogP contribution >= 0.6 is 0 Å². The smallest absolute Gasteiger partial charge is 0.153 e. The van der Waals surface area contributed by atoms with Crippen LogP contribution < -0.4 is 10.1 Å². The highest BCUT2D eigenvalue weighted by atomic mass is 16.5. The molecule has 5 heteroatoms. The highest BCUT2D eigenvalue weighted by Gasteiger charge is 2.19. The van der Waals surface area contributed by atoms with E-state index in [0.717, 1.165) is 49.8 Å². The van der Waals surface area contributed by atoms with Crippen molar-refractivity contribution < 1.29 is 4.74 Å². The normalized spacial score (nSPS) is 16.2. The predicted molar refractivity (Wildman–Crippen MR) is 77.0 cm³/mol. The van der Waals surface area contributed by atoms with Gasteiger partial charge in [-0.1, -0.05) is 12.1 Å². The van der Waals surface area contributed by atoms with Crippen LogP contribution in [0.4, 0.5) is 0 Å². The van der Waals surface area contributed by atoms with Crippen LogP contribution in [0.3, 0.4) is 0 Å². The second-order valence-electron chi connectivity index (χ2n) is 5.19. The Morgan fingerprint density at radius 3 is 2.65 bits per heavy atom. The minimum Gasteiger partial charge on any atom is -0.497 e. The standard InChI is InChI=1S/C15H20N4O/c1-20-13-4-2-11(3-5-13)10-14-17-15(19-18-14)12-6-8-16-9-7-12/h2-5,12,16H,6-10H2,1H3,(H,17,18,19). The highest BCUT2D eigenvalue weighted by Crippen LogP contribution is 2.22. The number of aromatic amines is 1. The molecule has 1 aliphatic heterocycles. The van der Waals surface area contributed by atoms with Gasteiger partial charge < -0.3 is 10.1 Å². The number of piperidine rings is 1. The Kier molecular flexibility index (Phi) is 3.97. The van der Waals surface area contributed by atoms with Gasteiger partial charge in [0.2, 0.25) is 0 Å². The molecule has 106 valence electrons. The first kappa shape index (κ1) is 13.1. The van der Waals surface area contributed by atoms with E-state index >= 15 is 0 Å². The first-order valence-electron chi connectivity index (χ1n) is 7.10. The van der Waals surface area contributed by atoms with E-state index in [0.29, 0.717) is 5.92 Å². The maximum Gasteiger partial charge on any atom is 0.153 e. The van der Waals surface area contributed by atoms with Gasteiger partial charge in [-0.25, -0.2) is 4.98 Å². The van der Waals surface area contributed by atoms with Crippen LogP contribution in [-0.2, 0) is 6.42 Å². The van der Waals surface area contributed by atoms with Gasteiger partial charge >= 0.3 is 0 Å². The molecule has 0 spiro atoms. The molecule has 1 saturated heterocycles. The van der Waals surface area contributed by atoms with E-state index < -0.39 is 0 Å². The number of rotatable bonds is 4. The van der Waals surface area contributed by atoms with Gasteiger partial charge in [0.25, 0.3) is 0 Å². The zero-order valence-electron chi connectivity index (χ0n) is 11.7. The summed E-state index contributed by atoms with van der Waals surface area (Å²) in [7, 11) is 1.68. The summed E-state index contributed by atoms with van der Waals surface area (Å²) < 4.78 is 5.16. The molecule has 0 unspecified atom stereocenters. The van der Waals surface area contributed by atoms with Crippen LogP contribution in [0.2, 0.25) is 0 Å². The molecule has 0 radical (unpaired) electrons. The number of ether oxygens (including phenoxy) is 1. The van der Waals surface area contributed by atoms with Crippen molar-refractivity contribution in [1.82, 2.24) is 20.5 Å². The third kappa shape index (κ3) is 2.99. The van der Waals surface area contributed by atoms with Crippen molar-refractivity contribution in [3.8, 4) is 5.75 Å². The van der Waals surface area contributed by atoms with Crippen molar-refractivity contribution in [2.75, 3.05) is 20.2 Å². The van der Waals surface area contributed by atoms with Gasteiger partial charge in [0.05, 0.1) is 7.11 Å². The molecule has 2 aromatic rings. The fraction of sp³-hybridized carbons (Fsp3) is 0.467. The Hall–Kier alpha value is -1.88. The van der Waals surface area contributed by atoms with Crippen molar-refractivity contribution in [1.29, 1.82) is 0 Å². The van der Waals surface area contributed by atoms with Crippen LogP contribution in [0.5, 0.6) is 5.75 Å². The Labute approximate surface area is 118 Å². The fourth-order valence-corrected chi connectivity index (χ4v) is 2.59. The maximum atomic E-state index is 5.16. The molecule has 1 aromatic carbocycles. The average molecular weight is 272 g/mol. The van der Waals surface area contributed by atoms with Gasteiger partial charge in [-0.05, 0) is 43.6 Å². The quantitative estimate of drug-likeness (QED) is 0.892. The molecule has 0 atom stereocenters. The van der Waals surface area contributed by atoms with Crippen LogP contribution in [0.25, 0.3) is 0 Å². The monoisotopic (exact) mass is 272 g/mol. The van der Waals surface area contributed by atoms with Gasteiger partial charge in [0.1, 0.15) is 11.6 Å². The van der Waals surface area contributed by atoms with Crippen LogP contribution in [-0.4, -0.2) is 35.4 Å². The minimum atomic E-state index is 0.497. The summed E-state index contributed by atoms with van der Waals surface area (Å²) >= 11 is 0. The van der Waals surface area contributed by atoms with E-state index in [-0.39, 0.29) is 0 Å². The van der Waals surface area contributed by atoms with Gasteiger partial charge in [-0.2, -0.15) is 5.10 Å². The second-order valence-corrected chi connectivity index (χ2v) is 5.19. The summed E-state index contributed by atoms with van der Waals surface area (Å²) in [5.41, 5.74) is 1.21. The Bertz CT molecular complexity index is 543. The van der Waals surface area contributed by atoms with Crippen molar-refractivity contribution in [2.24, 2.45) is 0 Å². The zero-order valence-corrected chi connectivity index (χ0v) is 11.7. The van der Waals surface area contributed by atoms with Gasteiger partial charge in [0, 0.05) is 12.3 Å². The summed E-state index contributed by atoms with van der Waals surface area (Å²) in [6, 6.07) is 8.07. The Morgan fingerprint density at radius 2 is 1.95 bits per heavy atom.